The van der Waals surface area contributed by atoms with Gasteiger partial charge in [0.15, 0.2) is 0 Å². The Hall–Kier alpha value is -2.09. The minimum Gasteiger partial charge on any atom is -0.475 e. The smallest absolute Gasteiger partial charge is 0.475 e. The molecular formula is C11H13F3N2O3. The highest BCUT2D eigenvalue weighted by molar-refractivity contribution is 5.75. The van der Waals surface area contributed by atoms with E-state index < -0.39 is 12.1 Å². The molecule has 0 aliphatic heterocycles. The van der Waals surface area contributed by atoms with Crippen LogP contribution in [-0.2, 0) is 16.1 Å². The summed E-state index contributed by atoms with van der Waals surface area (Å²) in [6, 6.07) is 9.86. The van der Waals surface area contributed by atoms with E-state index in [2.05, 4.69) is 5.32 Å². The standard InChI is InChI=1S/C9H12N2O.C2HF3O2/c10-9(12)7-11-6-8-4-2-1-3-5-8;3-2(4,5)1(6)7/h1-5,11H,6-7H2,(H2,10,12);(H,6,7). The number of aliphatic carboxylic acids is 1. The molecule has 0 saturated heterocycles. The highest BCUT2D eigenvalue weighted by Gasteiger charge is 2.38. The lowest BCUT2D eigenvalue weighted by Crippen LogP contribution is -2.27. The van der Waals surface area contributed by atoms with Crippen molar-refractivity contribution in [3.63, 3.8) is 0 Å². The van der Waals surface area contributed by atoms with E-state index in [4.69, 9.17) is 15.6 Å². The summed E-state index contributed by atoms with van der Waals surface area (Å²) in [6.45, 7) is 0.915. The molecule has 106 valence electrons. The second-order valence-electron chi connectivity index (χ2n) is 3.36. The van der Waals surface area contributed by atoms with Crippen molar-refractivity contribution >= 4 is 11.9 Å². The zero-order chi connectivity index (χ0) is 14.9. The second-order valence-corrected chi connectivity index (χ2v) is 3.36. The number of amides is 1. The van der Waals surface area contributed by atoms with Crippen LogP contribution in [0.25, 0.3) is 0 Å². The van der Waals surface area contributed by atoms with Gasteiger partial charge in [-0.05, 0) is 5.56 Å². The first-order valence-electron chi connectivity index (χ1n) is 5.06. The van der Waals surface area contributed by atoms with E-state index in [1.807, 2.05) is 30.3 Å². The van der Waals surface area contributed by atoms with E-state index in [0.29, 0.717) is 6.54 Å². The first-order valence-corrected chi connectivity index (χ1v) is 5.06. The summed E-state index contributed by atoms with van der Waals surface area (Å²) >= 11 is 0. The Kier molecular flexibility index (Phi) is 7.20. The quantitative estimate of drug-likeness (QED) is 0.762. The summed E-state index contributed by atoms with van der Waals surface area (Å²) in [7, 11) is 0. The number of carbonyl (C=O) groups excluding carboxylic acids is 1. The molecule has 1 aromatic carbocycles. The van der Waals surface area contributed by atoms with Crippen LogP contribution in [-0.4, -0.2) is 29.7 Å². The Morgan fingerprint density at radius 1 is 1.21 bits per heavy atom. The van der Waals surface area contributed by atoms with Crippen LogP contribution in [0.1, 0.15) is 5.56 Å². The van der Waals surface area contributed by atoms with Gasteiger partial charge < -0.3 is 16.2 Å². The molecule has 5 nitrogen and oxygen atoms in total. The van der Waals surface area contributed by atoms with Gasteiger partial charge in [-0.1, -0.05) is 30.3 Å². The number of benzene rings is 1. The second kappa shape index (κ2) is 8.09. The monoisotopic (exact) mass is 278 g/mol. The molecule has 19 heavy (non-hydrogen) atoms. The van der Waals surface area contributed by atoms with Gasteiger partial charge in [0.05, 0.1) is 6.54 Å². The fraction of sp³-hybridized carbons (Fsp3) is 0.273. The topological polar surface area (TPSA) is 92.4 Å². The van der Waals surface area contributed by atoms with Gasteiger partial charge in [-0.15, -0.1) is 0 Å². The van der Waals surface area contributed by atoms with Crippen LogP contribution in [0.3, 0.4) is 0 Å². The van der Waals surface area contributed by atoms with Crippen LogP contribution in [0.15, 0.2) is 30.3 Å². The van der Waals surface area contributed by atoms with Crippen LogP contribution < -0.4 is 11.1 Å². The van der Waals surface area contributed by atoms with Crippen LogP contribution in [0.5, 0.6) is 0 Å². The van der Waals surface area contributed by atoms with Gasteiger partial charge in [0.1, 0.15) is 0 Å². The van der Waals surface area contributed by atoms with Crippen LogP contribution in [0, 0.1) is 0 Å². The molecule has 1 amide bonds. The molecule has 0 unspecified atom stereocenters. The van der Waals surface area contributed by atoms with Gasteiger partial charge in [-0.25, -0.2) is 4.79 Å². The number of halogens is 3. The summed E-state index contributed by atoms with van der Waals surface area (Å²) in [4.78, 5) is 19.2. The van der Waals surface area contributed by atoms with Crippen LogP contribution in [0.4, 0.5) is 13.2 Å². The molecule has 1 rings (SSSR count). The number of hydrogen-bond donors (Lipinski definition) is 3. The van der Waals surface area contributed by atoms with E-state index in [1.54, 1.807) is 0 Å². The fourth-order valence-electron chi connectivity index (χ4n) is 0.926. The highest BCUT2D eigenvalue weighted by atomic mass is 19.4. The van der Waals surface area contributed by atoms with Crippen molar-refractivity contribution in [2.45, 2.75) is 12.7 Å². The van der Waals surface area contributed by atoms with E-state index in [1.165, 1.54) is 0 Å². The molecule has 0 spiro atoms. The maximum atomic E-state index is 10.6. The molecule has 0 aliphatic rings. The van der Waals surface area contributed by atoms with Gasteiger partial charge in [0, 0.05) is 6.54 Å². The third kappa shape index (κ3) is 9.60. The van der Waals surface area contributed by atoms with Crippen LogP contribution in [0.2, 0.25) is 0 Å². The number of primary amides is 1. The van der Waals surface area contributed by atoms with Crippen molar-refractivity contribution < 1.29 is 27.9 Å². The molecule has 8 heteroatoms. The SMILES string of the molecule is NC(=O)CNCc1ccccc1.O=C(O)C(F)(F)F. The molecule has 0 aliphatic carbocycles. The predicted octanol–water partition coefficient (Wildman–Crippen LogP) is 0.895. The Balaban J connectivity index is 0.000000399. The van der Waals surface area contributed by atoms with Gasteiger partial charge in [0.2, 0.25) is 5.91 Å². The number of alkyl halides is 3. The van der Waals surface area contributed by atoms with Gasteiger partial charge in [-0.3, -0.25) is 4.79 Å². The lowest BCUT2D eigenvalue weighted by Gasteiger charge is -2.00. The maximum Gasteiger partial charge on any atom is 0.490 e. The number of carboxylic acids is 1. The first-order chi connectivity index (χ1) is 8.73. The van der Waals surface area contributed by atoms with E-state index in [9.17, 15) is 18.0 Å². The van der Waals surface area contributed by atoms with Crippen molar-refractivity contribution in [1.82, 2.24) is 5.32 Å². The van der Waals surface area contributed by atoms with Crippen molar-refractivity contribution in [2.24, 2.45) is 5.73 Å². The normalized spacial score (nSPS) is 10.3. The Morgan fingerprint density at radius 3 is 2.05 bits per heavy atom. The number of rotatable bonds is 4. The molecule has 4 N–H and O–H groups in total. The van der Waals surface area contributed by atoms with Gasteiger partial charge in [-0.2, -0.15) is 13.2 Å². The highest BCUT2D eigenvalue weighted by Crippen LogP contribution is 2.13. The molecule has 0 atom stereocenters. The Morgan fingerprint density at radius 2 is 1.68 bits per heavy atom. The third-order valence-electron chi connectivity index (χ3n) is 1.71. The minimum atomic E-state index is -5.08. The number of carboxylic acid groups (broad SMARTS) is 1. The van der Waals surface area contributed by atoms with E-state index in [0.717, 1.165) is 5.56 Å². The van der Waals surface area contributed by atoms with Crippen LogP contribution >= 0.6 is 0 Å². The van der Waals surface area contributed by atoms with Crippen molar-refractivity contribution in [2.75, 3.05) is 6.54 Å². The van der Waals surface area contributed by atoms with E-state index >= 15 is 0 Å². The zero-order valence-corrected chi connectivity index (χ0v) is 9.78. The summed E-state index contributed by atoms with van der Waals surface area (Å²) < 4.78 is 31.7. The van der Waals surface area contributed by atoms with Crippen molar-refractivity contribution in [3.8, 4) is 0 Å². The molecule has 0 fully saturated rings. The molecule has 0 aromatic heterocycles. The number of nitrogens with two attached hydrogens (primary N) is 1. The Labute approximate surface area is 107 Å². The van der Waals surface area contributed by atoms with Gasteiger partial charge >= 0.3 is 12.1 Å². The van der Waals surface area contributed by atoms with Crippen molar-refractivity contribution in [3.05, 3.63) is 35.9 Å². The zero-order valence-electron chi connectivity index (χ0n) is 9.78. The van der Waals surface area contributed by atoms with Crippen molar-refractivity contribution in [1.29, 1.82) is 0 Å². The average Bonchev–Trinajstić information content (AvgIpc) is 2.29. The molecule has 0 saturated carbocycles. The fourth-order valence-corrected chi connectivity index (χ4v) is 0.926. The summed E-state index contributed by atoms with van der Waals surface area (Å²) in [5.74, 6) is -3.08. The molecule has 0 radical (unpaired) electrons. The maximum absolute atomic E-state index is 10.6. The largest absolute Gasteiger partial charge is 0.490 e. The average molecular weight is 278 g/mol. The number of hydrogen-bond acceptors (Lipinski definition) is 3. The summed E-state index contributed by atoms with van der Waals surface area (Å²) in [6.07, 6.45) is -5.08. The Bertz CT molecular complexity index is 407. The summed E-state index contributed by atoms with van der Waals surface area (Å²) in [5, 5.41) is 10.1. The molecule has 0 heterocycles. The lowest BCUT2D eigenvalue weighted by atomic mass is 10.2. The number of carbonyl (C=O) groups is 2. The molecule has 0 bridgehead atoms. The lowest BCUT2D eigenvalue weighted by molar-refractivity contribution is -0.192. The first kappa shape index (κ1) is 16.9. The number of nitrogens with one attached hydrogen (secondary N) is 1. The minimum absolute atomic E-state index is 0.231. The molecule has 1 aromatic rings. The molecular weight excluding hydrogens is 265 g/mol. The van der Waals surface area contributed by atoms with Gasteiger partial charge in [0.25, 0.3) is 0 Å². The summed E-state index contributed by atoms with van der Waals surface area (Å²) in [5.41, 5.74) is 6.11. The van der Waals surface area contributed by atoms with E-state index in [-0.39, 0.29) is 12.5 Å². The third-order valence-corrected chi connectivity index (χ3v) is 1.71. The predicted molar refractivity (Wildman–Crippen MR) is 61.0 cm³/mol.